The molecule has 0 unspecified atom stereocenters. The molecule has 3 aromatic rings. The van der Waals surface area contributed by atoms with E-state index < -0.39 is 0 Å². The van der Waals surface area contributed by atoms with Gasteiger partial charge in [0.25, 0.3) is 0 Å². The molecular formula is C19H21N3O2S2. The first-order valence-corrected chi connectivity index (χ1v) is 10.1. The molecule has 3 rings (SSSR count). The van der Waals surface area contributed by atoms with Gasteiger partial charge in [0.15, 0.2) is 0 Å². The van der Waals surface area contributed by atoms with E-state index in [1.165, 1.54) is 22.2 Å². The lowest BCUT2D eigenvalue weighted by Crippen LogP contribution is -2.32. The predicted molar refractivity (Wildman–Crippen MR) is 107 cm³/mol. The molecule has 0 atom stereocenters. The second kappa shape index (κ2) is 8.51. The molecule has 0 radical (unpaired) electrons. The molecule has 0 aliphatic rings. The van der Waals surface area contributed by atoms with Crippen molar-refractivity contribution in [3.8, 4) is 5.75 Å². The number of carbonyl (C=O) groups is 1. The summed E-state index contributed by atoms with van der Waals surface area (Å²) in [5, 5.41) is 1.95. The third-order valence-corrected chi connectivity index (χ3v) is 6.22. The Kier molecular flexibility index (Phi) is 6.11. The molecule has 26 heavy (non-hydrogen) atoms. The maximum Gasteiger partial charge on any atom is 0.232 e. The number of benzene rings is 1. The molecule has 0 saturated carbocycles. The molecule has 1 amide bonds. The maximum absolute atomic E-state index is 12.4. The molecule has 7 heteroatoms. The Hall–Kier alpha value is -2.12. The van der Waals surface area contributed by atoms with Gasteiger partial charge in [-0.2, -0.15) is 0 Å². The number of nitrogens with zero attached hydrogens (tertiary/aromatic N) is 3. The van der Waals surface area contributed by atoms with E-state index >= 15 is 0 Å². The maximum atomic E-state index is 12.4. The molecule has 0 fully saturated rings. The third kappa shape index (κ3) is 4.34. The number of ether oxygens (including phenoxy) is 1. The van der Waals surface area contributed by atoms with Crippen molar-refractivity contribution in [3.05, 3.63) is 47.1 Å². The Labute approximate surface area is 161 Å². The molecule has 0 aliphatic heterocycles. The van der Waals surface area contributed by atoms with Gasteiger partial charge in [-0.05, 0) is 31.5 Å². The van der Waals surface area contributed by atoms with Crippen molar-refractivity contribution < 1.29 is 9.53 Å². The number of thioether (sulfide) groups is 1. The summed E-state index contributed by atoms with van der Waals surface area (Å²) in [5.41, 5.74) is 1.20. The van der Waals surface area contributed by atoms with Gasteiger partial charge in [-0.1, -0.05) is 30.0 Å². The average molecular weight is 388 g/mol. The second-order valence-electron chi connectivity index (χ2n) is 5.91. The van der Waals surface area contributed by atoms with Gasteiger partial charge < -0.3 is 9.64 Å². The molecule has 2 aromatic heterocycles. The van der Waals surface area contributed by atoms with Crippen molar-refractivity contribution in [1.29, 1.82) is 0 Å². The van der Waals surface area contributed by atoms with Crippen LogP contribution in [0.5, 0.6) is 5.75 Å². The van der Waals surface area contributed by atoms with E-state index in [2.05, 4.69) is 23.8 Å². The van der Waals surface area contributed by atoms with E-state index in [0.29, 0.717) is 18.9 Å². The summed E-state index contributed by atoms with van der Waals surface area (Å²) in [6.07, 6.45) is 1.57. The average Bonchev–Trinajstić information content (AvgIpc) is 2.95. The van der Waals surface area contributed by atoms with E-state index in [4.69, 9.17) is 4.74 Å². The normalized spacial score (nSPS) is 10.9. The number of thiophene rings is 1. The number of likely N-dealkylation sites (N-methyl/N-ethyl adjacent to an activating group) is 1. The number of carbonyl (C=O) groups excluding carboxylic acids is 1. The third-order valence-electron chi connectivity index (χ3n) is 4.13. The van der Waals surface area contributed by atoms with E-state index in [0.717, 1.165) is 21.0 Å². The van der Waals surface area contributed by atoms with E-state index in [1.807, 2.05) is 30.3 Å². The van der Waals surface area contributed by atoms with Gasteiger partial charge in [0, 0.05) is 17.3 Å². The van der Waals surface area contributed by atoms with Gasteiger partial charge in [0.2, 0.25) is 5.91 Å². The number of fused-ring (bicyclic) bond motifs is 1. The highest BCUT2D eigenvalue weighted by atomic mass is 32.2. The molecular weight excluding hydrogens is 366 g/mol. The van der Waals surface area contributed by atoms with Crippen LogP contribution in [0.1, 0.15) is 10.4 Å². The molecule has 136 valence electrons. The minimum Gasteiger partial charge on any atom is -0.492 e. The van der Waals surface area contributed by atoms with Crippen molar-refractivity contribution in [2.24, 2.45) is 0 Å². The molecule has 1 aromatic carbocycles. The lowest BCUT2D eigenvalue weighted by molar-refractivity contribution is -0.127. The van der Waals surface area contributed by atoms with Crippen molar-refractivity contribution >= 4 is 39.2 Å². The van der Waals surface area contributed by atoms with Crippen LogP contribution in [0.4, 0.5) is 0 Å². The number of hydrogen-bond acceptors (Lipinski definition) is 6. The standard InChI is InChI=1S/C19H21N3O2S2/c1-13-14(2)26-19-17(13)18(20-12-21-19)25-11-16(23)22(3)9-10-24-15-7-5-4-6-8-15/h4-8,12H,9-11H2,1-3H3. The number of hydrogen-bond donors (Lipinski definition) is 0. The zero-order valence-electron chi connectivity index (χ0n) is 15.1. The van der Waals surface area contributed by atoms with Crippen LogP contribution in [0.15, 0.2) is 41.7 Å². The van der Waals surface area contributed by atoms with Crippen LogP contribution in [0.3, 0.4) is 0 Å². The number of rotatable bonds is 7. The SMILES string of the molecule is Cc1sc2ncnc(SCC(=O)N(C)CCOc3ccccc3)c2c1C. The fraction of sp³-hybridized carbons (Fsp3) is 0.316. The smallest absolute Gasteiger partial charge is 0.232 e. The first-order chi connectivity index (χ1) is 12.6. The lowest BCUT2D eigenvalue weighted by Gasteiger charge is -2.17. The topological polar surface area (TPSA) is 55.3 Å². The lowest BCUT2D eigenvalue weighted by atomic mass is 10.2. The van der Waals surface area contributed by atoms with Crippen LogP contribution >= 0.6 is 23.1 Å². The van der Waals surface area contributed by atoms with Crippen LogP contribution < -0.4 is 4.74 Å². The minimum atomic E-state index is 0.0584. The van der Waals surface area contributed by atoms with Gasteiger partial charge in [-0.15, -0.1) is 11.3 Å². The van der Waals surface area contributed by atoms with E-state index in [9.17, 15) is 4.79 Å². The van der Waals surface area contributed by atoms with Gasteiger partial charge in [-0.3, -0.25) is 4.79 Å². The number of para-hydroxylation sites is 1. The second-order valence-corrected chi connectivity index (χ2v) is 8.07. The van der Waals surface area contributed by atoms with Crippen LogP contribution in [0.25, 0.3) is 10.2 Å². The van der Waals surface area contributed by atoms with Crippen LogP contribution in [0.2, 0.25) is 0 Å². The Morgan fingerprint density at radius 1 is 1.23 bits per heavy atom. The predicted octanol–water partition coefficient (Wildman–Crippen LogP) is 3.94. The number of aryl methyl sites for hydroxylation is 2. The monoisotopic (exact) mass is 387 g/mol. The zero-order valence-corrected chi connectivity index (χ0v) is 16.7. The quantitative estimate of drug-likeness (QED) is 0.454. The summed E-state index contributed by atoms with van der Waals surface area (Å²) in [7, 11) is 1.80. The van der Waals surface area contributed by atoms with Crippen LogP contribution in [-0.2, 0) is 4.79 Å². The summed E-state index contributed by atoms with van der Waals surface area (Å²) in [6, 6.07) is 9.61. The van der Waals surface area contributed by atoms with Crippen LogP contribution in [0, 0.1) is 13.8 Å². The molecule has 0 aliphatic carbocycles. The fourth-order valence-electron chi connectivity index (χ4n) is 2.44. The molecule has 0 spiro atoms. The Balaban J connectivity index is 1.53. The van der Waals surface area contributed by atoms with Gasteiger partial charge in [-0.25, -0.2) is 9.97 Å². The Morgan fingerprint density at radius 2 is 2.00 bits per heavy atom. The van der Waals surface area contributed by atoms with Gasteiger partial charge >= 0.3 is 0 Å². The van der Waals surface area contributed by atoms with E-state index in [1.54, 1.807) is 29.6 Å². The first-order valence-electron chi connectivity index (χ1n) is 8.31. The van der Waals surface area contributed by atoms with Crippen LogP contribution in [-0.4, -0.2) is 46.7 Å². The minimum absolute atomic E-state index is 0.0584. The molecule has 5 nitrogen and oxygen atoms in total. The molecule has 0 saturated heterocycles. The Morgan fingerprint density at radius 3 is 2.77 bits per heavy atom. The summed E-state index contributed by atoms with van der Waals surface area (Å²) in [5.74, 6) is 1.22. The summed E-state index contributed by atoms with van der Waals surface area (Å²) < 4.78 is 5.65. The summed E-state index contributed by atoms with van der Waals surface area (Å²) >= 11 is 3.13. The van der Waals surface area contributed by atoms with Crippen molar-refractivity contribution in [3.63, 3.8) is 0 Å². The van der Waals surface area contributed by atoms with Gasteiger partial charge in [0.05, 0.1) is 12.3 Å². The summed E-state index contributed by atoms with van der Waals surface area (Å²) in [4.78, 5) is 25.0. The van der Waals surface area contributed by atoms with Crippen molar-refractivity contribution in [1.82, 2.24) is 14.9 Å². The molecule has 0 N–H and O–H groups in total. The number of amides is 1. The fourth-order valence-corrected chi connectivity index (χ4v) is 4.50. The molecule has 0 bridgehead atoms. The number of aromatic nitrogens is 2. The first kappa shape index (κ1) is 18.7. The highest BCUT2D eigenvalue weighted by Crippen LogP contribution is 2.34. The largest absolute Gasteiger partial charge is 0.492 e. The highest BCUT2D eigenvalue weighted by Gasteiger charge is 2.15. The molecule has 2 heterocycles. The summed E-state index contributed by atoms with van der Waals surface area (Å²) in [6.45, 7) is 5.18. The van der Waals surface area contributed by atoms with Crippen molar-refractivity contribution in [2.45, 2.75) is 18.9 Å². The Bertz CT molecular complexity index is 896. The van der Waals surface area contributed by atoms with Gasteiger partial charge in [0.1, 0.15) is 28.5 Å². The van der Waals surface area contributed by atoms with Crippen molar-refractivity contribution in [2.75, 3.05) is 26.0 Å². The van der Waals surface area contributed by atoms with E-state index in [-0.39, 0.29) is 5.91 Å². The zero-order chi connectivity index (χ0) is 18.5. The highest BCUT2D eigenvalue weighted by molar-refractivity contribution is 8.00.